The minimum absolute atomic E-state index is 0.493. The molecule has 29 heavy (non-hydrogen) atoms. The number of nitrogens with zero attached hydrogens (tertiary/aromatic N) is 3. The molecule has 0 amide bonds. The Labute approximate surface area is 171 Å². The highest BCUT2D eigenvalue weighted by Gasteiger charge is 2.23. The molecule has 0 aliphatic carbocycles. The predicted octanol–water partition coefficient (Wildman–Crippen LogP) is 4.98. The molecule has 4 aromatic rings. The third kappa shape index (κ3) is 3.40. The zero-order valence-corrected chi connectivity index (χ0v) is 16.9. The molecule has 0 saturated carbocycles. The lowest BCUT2D eigenvalue weighted by Crippen LogP contribution is -2.37. The molecule has 1 aliphatic heterocycles. The first-order chi connectivity index (χ1) is 14.2. The highest BCUT2D eigenvalue weighted by Crippen LogP contribution is 2.28. The lowest BCUT2D eigenvalue weighted by Gasteiger charge is -2.35. The first-order valence-corrected chi connectivity index (χ1v) is 10.1. The van der Waals surface area contributed by atoms with Crippen LogP contribution in [0.5, 0.6) is 5.75 Å². The molecular formula is C25H25N3O. The fourth-order valence-electron chi connectivity index (χ4n) is 4.31. The third-order valence-corrected chi connectivity index (χ3v) is 5.95. The summed E-state index contributed by atoms with van der Waals surface area (Å²) >= 11 is 0. The van der Waals surface area contributed by atoms with Gasteiger partial charge in [0.25, 0.3) is 0 Å². The van der Waals surface area contributed by atoms with Gasteiger partial charge >= 0.3 is 0 Å². The summed E-state index contributed by atoms with van der Waals surface area (Å²) in [4.78, 5) is 7.09. The summed E-state index contributed by atoms with van der Waals surface area (Å²) in [5.74, 6) is 0.949. The van der Waals surface area contributed by atoms with E-state index in [2.05, 4.69) is 82.0 Å². The Morgan fingerprint density at radius 3 is 2.79 bits per heavy atom. The van der Waals surface area contributed by atoms with E-state index in [1.807, 2.05) is 12.4 Å². The Bertz CT molecular complexity index is 1160. The van der Waals surface area contributed by atoms with Gasteiger partial charge in [0.15, 0.2) is 0 Å². The second-order valence-electron chi connectivity index (χ2n) is 7.87. The van der Waals surface area contributed by atoms with Gasteiger partial charge in [0, 0.05) is 24.8 Å². The van der Waals surface area contributed by atoms with Crippen molar-refractivity contribution in [2.75, 3.05) is 7.11 Å². The Morgan fingerprint density at radius 2 is 1.90 bits per heavy atom. The first-order valence-electron chi connectivity index (χ1n) is 10.1. The molecule has 1 atom stereocenters. The van der Waals surface area contributed by atoms with Gasteiger partial charge in [-0.25, -0.2) is 4.98 Å². The molecule has 3 aromatic carbocycles. The van der Waals surface area contributed by atoms with Crippen molar-refractivity contribution in [2.45, 2.75) is 32.5 Å². The number of fused-ring (bicyclic) bond motifs is 2. The lowest BCUT2D eigenvalue weighted by atomic mass is 9.94. The predicted molar refractivity (Wildman–Crippen MR) is 116 cm³/mol. The van der Waals surface area contributed by atoms with Crippen molar-refractivity contribution in [3.63, 3.8) is 0 Å². The topological polar surface area (TPSA) is 30.3 Å². The smallest absolute Gasteiger partial charge is 0.119 e. The van der Waals surface area contributed by atoms with Crippen molar-refractivity contribution in [3.8, 4) is 11.4 Å². The van der Waals surface area contributed by atoms with Gasteiger partial charge in [-0.3, -0.25) is 9.47 Å². The number of hydrogen-bond donors (Lipinski definition) is 0. The number of hydrogen-bond acceptors (Lipinski definition) is 3. The Kier molecular flexibility index (Phi) is 4.57. The minimum Gasteiger partial charge on any atom is -0.497 e. The summed E-state index contributed by atoms with van der Waals surface area (Å²) in [6, 6.07) is 24.0. The molecule has 1 aliphatic rings. The van der Waals surface area contributed by atoms with Crippen LogP contribution in [0.1, 0.15) is 23.6 Å². The Hall–Kier alpha value is -3.11. The average molecular weight is 383 g/mol. The van der Waals surface area contributed by atoms with Crippen molar-refractivity contribution in [3.05, 3.63) is 89.7 Å². The molecule has 1 aromatic heterocycles. The van der Waals surface area contributed by atoms with Crippen LogP contribution in [0.15, 0.2) is 73.1 Å². The third-order valence-electron chi connectivity index (χ3n) is 5.95. The van der Waals surface area contributed by atoms with Crippen molar-refractivity contribution >= 4 is 11.0 Å². The molecule has 0 spiro atoms. The van der Waals surface area contributed by atoms with Crippen molar-refractivity contribution < 1.29 is 4.74 Å². The van der Waals surface area contributed by atoms with E-state index in [9.17, 15) is 0 Å². The van der Waals surface area contributed by atoms with E-state index < -0.39 is 0 Å². The molecule has 0 fully saturated rings. The van der Waals surface area contributed by atoms with E-state index in [0.717, 1.165) is 42.0 Å². The molecule has 0 radical (unpaired) electrons. The fourth-order valence-corrected chi connectivity index (χ4v) is 4.31. The van der Waals surface area contributed by atoms with Crippen LogP contribution in [0.4, 0.5) is 0 Å². The van der Waals surface area contributed by atoms with E-state index in [1.54, 1.807) is 7.11 Å². The normalized spacial score (nSPS) is 16.7. The monoisotopic (exact) mass is 383 g/mol. The maximum Gasteiger partial charge on any atom is 0.119 e. The van der Waals surface area contributed by atoms with Crippen molar-refractivity contribution in [1.29, 1.82) is 0 Å². The van der Waals surface area contributed by atoms with Gasteiger partial charge in [-0.05, 0) is 66.4 Å². The van der Waals surface area contributed by atoms with E-state index in [1.165, 1.54) is 16.7 Å². The number of rotatable bonds is 4. The molecule has 146 valence electrons. The van der Waals surface area contributed by atoms with Crippen molar-refractivity contribution in [1.82, 2.24) is 14.5 Å². The summed E-state index contributed by atoms with van der Waals surface area (Å²) < 4.78 is 7.56. The van der Waals surface area contributed by atoms with Crippen LogP contribution in [0.25, 0.3) is 16.7 Å². The van der Waals surface area contributed by atoms with Crippen LogP contribution in [0, 0.1) is 0 Å². The Balaban J connectivity index is 1.40. The summed E-state index contributed by atoms with van der Waals surface area (Å²) in [7, 11) is 1.73. The van der Waals surface area contributed by atoms with Crippen LogP contribution < -0.4 is 4.74 Å². The minimum atomic E-state index is 0.493. The lowest BCUT2D eigenvalue weighted by molar-refractivity contribution is 0.175. The largest absolute Gasteiger partial charge is 0.497 e. The molecule has 0 N–H and O–H groups in total. The molecule has 5 rings (SSSR count). The first kappa shape index (κ1) is 18.0. The van der Waals surface area contributed by atoms with Gasteiger partial charge < -0.3 is 4.74 Å². The standard InChI is InChI=1S/C25H25N3O/c1-18-12-21-14-23(29-2)11-10-20(21)16-27(18)15-19-6-5-7-22(13-19)28-17-26-24-8-3-4-9-25(24)28/h3-11,13-14,17-18H,12,15-16H2,1-2H3. The second kappa shape index (κ2) is 7.37. The fraction of sp³-hybridized carbons (Fsp3) is 0.240. The zero-order valence-electron chi connectivity index (χ0n) is 16.9. The van der Waals surface area contributed by atoms with Gasteiger partial charge in [0.1, 0.15) is 12.1 Å². The molecule has 4 heteroatoms. The van der Waals surface area contributed by atoms with Gasteiger partial charge in [-0.1, -0.05) is 30.3 Å². The zero-order chi connectivity index (χ0) is 19.8. The molecule has 1 unspecified atom stereocenters. The highest BCUT2D eigenvalue weighted by atomic mass is 16.5. The van der Waals surface area contributed by atoms with E-state index >= 15 is 0 Å². The van der Waals surface area contributed by atoms with Gasteiger partial charge in [-0.2, -0.15) is 0 Å². The molecule has 4 nitrogen and oxygen atoms in total. The summed E-state index contributed by atoms with van der Waals surface area (Å²) in [6.07, 6.45) is 2.97. The number of imidazole rings is 1. The molecular weight excluding hydrogens is 358 g/mol. The Morgan fingerprint density at radius 1 is 1.00 bits per heavy atom. The SMILES string of the molecule is COc1ccc2c(c1)CC(C)N(Cc1cccc(-n3cnc4ccccc43)c1)C2. The summed E-state index contributed by atoms with van der Waals surface area (Å²) in [5, 5.41) is 0. The highest BCUT2D eigenvalue weighted by molar-refractivity contribution is 5.77. The van der Waals surface area contributed by atoms with Crippen LogP contribution in [0.3, 0.4) is 0 Å². The average Bonchev–Trinajstić information content (AvgIpc) is 3.18. The number of methoxy groups -OCH3 is 1. The molecule has 0 saturated heterocycles. The second-order valence-corrected chi connectivity index (χ2v) is 7.87. The summed E-state index contributed by atoms with van der Waals surface area (Å²) in [5.41, 5.74) is 7.45. The van der Waals surface area contributed by atoms with Gasteiger partial charge in [0.2, 0.25) is 0 Å². The molecule has 0 bridgehead atoms. The number of benzene rings is 3. The maximum absolute atomic E-state index is 5.40. The number of aromatic nitrogens is 2. The number of para-hydroxylation sites is 2. The van der Waals surface area contributed by atoms with Gasteiger partial charge in [-0.15, -0.1) is 0 Å². The van der Waals surface area contributed by atoms with Crippen LogP contribution in [0.2, 0.25) is 0 Å². The van der Waals surface area contributed by atoms with Crippen LogP contribution in [-0.4, -0.2) is 27.6 Å². The van der Waals surface area contributed by atoms with Crippen molar-refractivity contribution in [2.24, 2.45) is 0 Å². The summed E-state index contributed by atoms with van der Waals surface area (Å²) in [6.45, 7) is 4.22. The molecule has 2 heterocycles. The number of ether oxygens (including phenoxy) is 1. The van der Waals surface area contributed by atoms with Gasteiger partial charge in [0.05, 0.1) is 18.1 Å². The van der Waals surface area contributed by atoms with E-state index in [-0.39, 0.29) is 0 Å². The maximum atomic E-state index is 5.40. The quantitative estimate of drug-likeness (QED) is 0.498. The van der Waals surface area contributed by atoms with E-state index in [4.69, 9.17) is 4.74 Å². The van der Waals surface area contributed by atoms with E-state index in [0.29, 0.717) is 6.04 Å². The van der Waals surface area contributed by atoms with Crippen LogP contribution >= 0.6 is 0 Å². The van der Waals surface area contributed by atoms with Crippen LogP contribution in [-0.2, 0) is 19.5 Å².